The highest BCUT2D eigenvalue weighted by molar-refractivity contribution is 5.95. The number of fused-ring (bicyclic) bond motifs is 1. The van der Waals surface area contributed by atoms with E-state index in [9.17, 15) is 4.79 Å². The number of carbonyl (C=O) groups is 1. The number of nitrogens with zero attached hydrogens (tertiary/aromatic N) is 4. The quantitative estimate of drug-likeness (QED) is 0.458. The van der Waals surface area contributed by atoms with E-state index < -0.39 is 0 Å². The number of rotatable bonds is 5. The second-order valence-electron chi connectivity index (χ2n) is 8.27. The van der Waals surface area contributed by atoms with Crippen LogP contribution in [0.25, 0.3) is 11.5 Å². The Morgan fingerprint density at radius 2 is 1.70 bits per heavy atom. The van der Waals surface area contributed by atoms with Crippen LogP contribution in [0.2, 0.25) is 0 Å². The highest BCUT2D eigenvalue weighted by atomic mass is 16.5. The Balaban J connectivity index is 1.52. The van der Waals surface area contributed by atoms with Crippen LogP contribution in [0.15, 0.2) is 60.9 Å². The van der Waals surface area contributed by atoms with Crippen LogP contribution in [0.5, 0.6) is 11.5 Å². The monoisotopic (exact) mass is 442 g/mol. The van der Waals surface area contributed by atoms with E-state index >= 15 is 0 Å². The van der Waals surface area contributed by atoms with E-state index in [0.29, 0.717) is 30.2 Å². The second kappa shape index (κ2) is 8.16. The van der Waals surface area contributed by atoms with E-state index in [0.717, 1.165) is 28.3 Å². The fourth-order valence-corrected chi connectivity index (χ4v) is 4.45. The van der Waals surface area contributed by atoms with Crippen LogP contribution in [0.4, 0.5) is 0 Å². The van der Waals surface area contributed by atoms with E-state index in [-0.39, 0.29) is 5.91 Å². The number of amides is 1. The normalized spacial score (nSPS) is 12.7. The van der Waals surface area contributed by atoms with Gasteiger partial charge in [0.1, 0.15) is 5.82 Å². The van der Waals surface area contributed by atoms with Gasteiger partial charge in [0, 0.05) is 23.5 Å². The number of methoxy groups -OCH3 is 2. The zero-order valence-electron chi connectivity index (χ0n) is 19.2. The molecule has 0 atom stereocenters. The summed E-state index contributed by atoms with van der Waals surface area (Å²) < 4.78 is 14.7. The predicted molar refractivity (Wildman–Crippen MR) is 125 cm³/mol. The van der Waals surface area contributed by atoms with E-state index in [1.807, 2.05) is 34.1 Å². The van der Waals surface area contributed by atoms with Gasteiger partial charge in [0.2, 0.25) is 0 Å². The average Bonchev–Trinajstić information content (AvgIpc) is 3.54. The Labute approximate surface area is 192 Å². The highest BCUT2D eigenvalue weighted by Gasteiger charge is 2.32. The van der Waals surface area contributed by atoms with Crippen molar-refractivity contribution in [2.75, 3.05) is 14.2 Å². The first-order valence-corrected chi connectivity index (χ1v) is 10.8. The van der Waals surface area contributed by atoms with E-state index in [1.54, 1.807) is 32.4 Å². The maximum Gasteiger partial charge on any atom is 0.254 e. The topological polar surface area (TPSA) is 61.5 Å². The lowest BCUT2D eigenvalue weighted by Crippen LogP contribution is -2.26. The Morgan fingerprint density at radius 3 is 2.39 bits per heavy atom. The standard InChI is InChI=1S/C26H26N4O3/c1-17-7-9-22(18(2)13-17)30-25(28-11-5-6-12-28)20-15-29(16-21(20)27-30)26(31)19-8-10-23(32-3)24(14-19)33-4/h5-14H,15-16H2,1-4H3. The van der Waals surface area contributed by atoms with Crippen molar-refractivity contribution >= 4 is 5.91 Å². The molecule has 1 aliphatic heterocycles. The molecule has 4 aromatic rings. The zero-order chi connectivity index (χ0) is 23.1. The van der Waals surface area contributed by atoms with Gasteiger partial charge in [-0.15, -0.1) is 0 Å². The van der Waals surface area contributed by atoms with Gasteiger partial charge in [0.15, 0.2) is 11.5 Å². The second-order valence-corrected chi connectivity index (χ2v) is 8.27. The van der Waals surface area contributed by atoms with Crippen LogP contribution >= 0.6 is 0 Å². The van der Waals surface area contributed by atoms with Gasteiger partial charge in [0.05, 0.1) is 38.7 Å². The lowest BCUT2D eigenvalue weighted by molar-refractivity contribution is 0.0748. The summed E-state index contributed by atoms with van der Waals surface area (Å²) in [5, 5.41) is 4.95. The molecule has 0 aliphatic carbocycles. The minimum absolute atomic E-state index is 0.0644. The molecule has 0 unspecified atom stereocenters. The van der Waals surface area contributed by atoms with Crippen LogP contribution in [0, 0.1) is 13.8 Å². The van der Waals surface area contributed by atoms with Crippen molar-refractivity contribution in [3.05, 3.63) is 88.9 Å². The molecule has 1 aliphatic rings. The van der Waals surface area contributed by atoms with Gasteiger partial charge >= 0.3 is 0 Å². The number of aromatic nitrogens is 3. The SMILES string of the molecule is COc1ccc(C(=O)N2Cc3nn(-c4ccc(C)cc4C)c(-n4cccc4)c3C2)cc1OC. The van der Waals surface area contributed by atoms with Crippen molar-refractivity contribution in [3.63, 3.8) is 0 Å². The largest absolute Gasteiger partial charge is 0.493 e. The number of hydrogen-bond donors (Lipinski definition) is 0. The molecule has 7 heteroatoms. The first-order chi connectivity index (χ1) is 16.0. The number of carbonyl (C=O) groups excluding carboxylic acids is 1. The van der Waals surface area contributed by atoms with Gasteiger partial charge in [-0.25, -0.2) is 4.68 Å². The van der Waals surface area contributed by atoms with Crippen molar-refractivity contribution < 1.29 is 14.3 Å². The van der Waals surface area contributed by atoms with Gasteiger partial charge < -0.3 is 18.9 Å². The summed E-state index contributed by atoms with van der Waals surface area (Å²) in [5.74, 6) is 2.03. The fraction of sp³-hybridized carbons (Fsp3) is 0.231. The van der Waals surface area contributed by atoms with E-state index in [1.165, 1.54) is 5.56 Å². The molecule has 0 fully saturated rings. The highest BCUT2D eigenvalue weighted by Crippen LogP contribution is 2.33. The summed E-state index contributed by atoms with van der Waals surface area (Å²) in [5.41, 5.74) is 5.93. The van der Waals surface area contributed by atoms with Gasteiger partial charge in [-0.1, -0.05) is 17.7 Å². The first-order valence-electron chi connectivity index (χ1n) is 10.8. The van der Waals surface area contributed by atoms with E-state index in [2.05, 4.69) is 36.6 Å². The predicted octanol–water partition coefficient (Wildman–Crippen LogP) is 4.45. The Kier molecular flexibility index (Phi) is 5.17. The van der Waals surface area contributed by atoms with Crippen LogP contribution < -0.4 is 9.47 Å². The van der Waals surface area contributed by atoms with E-state index in [4.69, 9.17) is 14.6 Å². The van der Waals surface area contributed by atoms with Crippen LogP contribution in [0.1, 0.15) is 32.7 Å². The fourth-order valence-electron chi connectivity index (χ4n) is 4.45. The summed E-state index contributed by atoms with van der Waals surface area (Å²) in [7, 11) is 3.15. The molecule has 0 saturated carbocycles. The molecule has 2 aromatic carbocycles. The van der Waals surface area contributed by atoms with Gasteiger partial charge in [-0.2, -0.15) is 5.10 Å². The molecule has 0 radical (unpaired) electrons. The molecule has 33 heavy (non-hydrogen) atoms. The molecule has 0 N–H and O–H groups in total. The van der Waals surface area contributed by atoms with Crippen molar-refractivity contribution in [2.24, 2.45) is 0 Å². The third-order valence-electron chi connectivity index (χ3n) is 6.08. The minimum Gasteiger partial charge on any atom is -0.493 e. The maximum absolute atomic E-state index is 13.3. The third-order valence-corrected chi connectivity index (χ3v) is 6.08. The van der Waals surface area contributed by atoms with Crippen molar-refractivity contribution in [3.8, 4) is 23.0 Å². The molecular weight excluding hydrogens is 416 g/mol. The number of aryl methyl sites for hydroxylation is 2. The first kappa shape index (κ1) is 20.9. The smallest absolute Gasteiger partial charge is 0.254 e. The molecule has 5 rings (SSSR count). The molecule has 3 heterocycles. The van der Waals surface area contributed by atoms with Gasteiger partial charge in [0.25, 0.3) is 5.91 Å². The summed E-state index contributed by atoms with van der Waals surface area (Å²) in [6, 6.07) is 15.6. The summed E-state index contributed by atoms with van der Waals surface area (Å²) >= 11 is 0. The Hall–Kier alpha value is -4.00. The van der Waals surface area contributed by atoms with Crippen LogP contribution in [0.3, 0.4) is 0 Å². The molecule has 168 valence electrons. The van der Waals surface area contributed by atoms with Crippen LogP contribution in [-0.2, 0) is 13.1 Å². The molecule has 1 amide bonds. The minimum atomic E-state index is -0.0644. The number of benzene rings is 2. The third kappa shape index (κ3) is 3.55. The molecule has 0 spiro atoms. The number of ether oxygens (including phenoxy) is 2. The van der Waals surface area contributed by atoms with Gasteiger partial charge in [-0.3, -0.25) is 4.79 Å². The maximum atomic E-state index is 13.3. The molecule has 2 aromatic heterocycles. The summed E-state index contributed by atoms with van der Waals surface area (Å²) in [4.78, 5) is 15.1. The Morgan fingerprint density at radius 1 is 0.939 bits per heavy atom. The molecule has 0 saturated heterocycles. The zero-order valence-corrected chi connectivity index (χ0v) is 19.2. The van der Waals surface area contributed by atoms with Crippen LogP contribution in [-0.4, -0.2) is 39.4 Å². The summed E-state index contributed by atoms with van der Waals surface area (Å²) in [6.07, 6.45) is 4.02. The summed E-state index contributed by atoms with van der Waals surface area (Å²) in [6.45, 7) is 5.13. The van der Waals surface area contributed by atoms with Gasteiger partial charge in [-0.05, 0) is 55.8 Å². The Bertz CT molecular complexity index is 1340. The van der Waals surface area contributed by atoms with Crippen molar-refractivity contribution in [2.45, 2.75) is 26.9 Å². The molecular formula is C26H26N4O3. The van der Waals surface area contributed by atoms with Crippen molar-refractivity contribution in [1.82, 2.24) is 19.2 Å². The molecule has 7 nitrogen and oxygen atoms in total. The lowest BCUT2D eigenvalue weighted by atomic mass is 10.1. The lowest BCUT2D eigenvalue weighted by Gasteiger charge is -2.19. The number of hydrogen-bond acceptors (Lipinski definition) is 4. The van der Waals surface area contributed by atoms with Crippen molar-refractivity contribution in [1.29, 1.82) is 0 Å². The average molecular weight is 443 g/mol. The molecule has 0 bridgehead atoms.